The van der Waals surface area contributed by atoms with Gasteiger partial charge in [0.1, 0.15) is 16.8 Å². The van der Waals surface area contributed by atoms with Crippen LogP contribution in [-0.2, 0) is 17.6 Å². The largest absolute Gasteiger partial charge is 0.320 e. The molecule has 0 spiro atoms. The number of amides is 1. The molecular weight excluding hydrogens is 422 g/mol. The molecule has 0 fully saturated rings. The molecule has 1 aliphatic carbocycles. The van der Waals surface area contributed by atoms with Gasteiger partial charge in [0.15, 0.2) is 0 Å². The first kappa shape index (κ1) is 18.4. The van der Waals surface area contributed by atoms with E-state index in [-0.39, 0.29) is 11.3 Å². The van der Waals surface area contributed by atoms with E-state index in [1.54, 1.807) is 11.3 Å². The Balaban J connectivity index is 1.78. The second-order valence-electron chi connectivity index (χ2n) is 8.21. The van der Waals surface area contributed by atoms with Crippen LogP contribution in [0.5, 0.6) is 0 Å². The number of thiophene rings is 1. The third-order valence-electron chi connectivity index (χ3n) is 5.50. The zero-order valence-corrected chi connectivity index (χ0v) is 17.9. The van der Waals surface area contributed by atoms with Crippen LogP contribution in [0.25, 0.3) is 0 Å². The first-order valence-corrected chi connectivity index (χ1v) is 10.6. The molecule has 0 unspecified atom stereocenters. The van der Waals surface area contributed by atoms with Gasteiger partial charge in [-0.05, 0) is 54.4 Å². The molecule has 1 aromatic carbocycles. The van der Waals surface area contributed by atoms with Crippen molar-refractivity contribution in [3.05, 3.63) is 44.2 Å². The van der Waals surface area contributed by atoms with Crippen LogP contribution in [0.4, 0.5) is 10.7 Å². The normalized spacial score (nSPS) is 20.2. The van der Waals surface area contributed by atoms with E-state index in [2.05, 4.69) is 53.1 Å². The maximum Gasteiger partial charge on any atom is 0.275 e. The van der Waals surface area contributed by atoms with Crippen molar-refractivity contribution in [1.82, 2.24) is 0 Å². The van der Waals surface area contributed by atoms with E-state index in [1.807, 2.05) is 18.2 Å². The van der Waals surface area contributed by atoms with Crippen LogP contribution in [-0.4, -0.2) is 11.6 Å². The molecule has 0 bridgehead atoms. The number of carbonyl (C=O) groups is 1. The molecule has 6 heteroatoms. The predicted octanol–water partition coefficient (Wildman–Crippen LogP) is 5.61. The van der Waals surface area contributed by atoms with Gasteiger partial charge in [0, 0.05) is 14.9 Å². The number of anilines is 1. The van der Waals surface area contributed by atoms with Gasteiger partial charge in [0.2, 0.25) is 0 Å². The Morgan fingerprint density at radius 2 is 2.15 bits per heavy atom. The van der Waals surface area contributed by atoms with Gasteiger partial charge in [-0.2, -0.15) is 5.26 Å². The number of nitrogens with one attached hydrogen (secondary N) is 1. The van der Waals surface area contributed by atoms with E-state index >= 15 is 0 Å². The Kier molecular flexibility index (Phi) is 4.48. The molecule has 2 aromatic rings. The SMILES string of the molecule is CC(C)(C)[C@H]1CCc2c(sc(N=C3C(=O)Nc4ccc(Br)cc43)c2C#N)C1. The molecule has 27 heavy (non-hydrogen) atoms. The van der Waals surface area contributed by atoms with Crippen LogP contribution in [0.15, 0.2) is 27.7 Å². The second kappa shape index (κ2) is 6.57. The van der Waals surface area contributed by atoms with Crippen molar-refractivity contribution in [3.8, 4) is 6.07 Å². The number of rotatable bonds is 1. The van der Waals surface area contributed by atoms with Crippen molar-refractivity contribution >= 4 is 49.6 Å². The number of aliphatic imine (C=N–C) groups is 1. The van der Waals surface area contributed by atoms with Gasteiger partial charge in [0.05, 0.1) is 11.3 Å². The number of nitrogens with zero attached hydrogens (tertiary/aromatic N) is 2. The Morgan fingerprint density at radius 1 is 1.37 bits per heavy atom. The van der Waals surface area contributed by atoms with Crippen LogP contribution >= 0.6 is 27.3 Å². The van der Waals surface area contributed by atoms with E-state index < -0.39 is 0 Å². The Labute approximate surface area is 171 Å². The zero-order chi connectivity index (χ0) is 19.3. The lowest BCUT2D eigenvalue weighted by molar-refractivity contribution is -0.110. The molecule has 1 atom stereocenters. The van der Waals surface area contributed by atoms with Crippen molar-refractivity contribution < 1.29 is 4.79 Å². The molecule has 1 aliphatic heterocycles. The van der Waals surface area contributed by atoms with Crippen molar-refractivity contribution in [1.29, 1.82) is 5.26 Å². The zero-order valence-electron chi connectivity index (χ0n) is 15.5. The summed E-state index contributed by atoms with van der Waals surface area (Å²) in [6.07, 6.45) is 2.99. The van der Waals surface area contributed by atoms with Gasteiger partial charge in [-0.15, -0.1) is 11.3 Å². The summed E-state index contributed by atoms with van der Waals surface area (Å²) in [6, 6.07) is 7.98. The van der Waals surface area contributed by atoms with Gasteiger partial charge >= 0.3 is 0 Å². The molecule has 1 N–H and O–H groups in total. The molecule has 4 rings (SSSR count). The highest BCUT2D eigenvalue weighted by Crippen LogP contribution is 2.45. The lowest BCUT2D eigenvalue weighted by atomic mass is 9.72. The van der Waals surface area contributed by atoms with Gasteiger partial charge < -0.3 is 5.32 Å². The van der Waals surface area contributed by atoms with Crippen LogP contribution in [0.1, 0.15) is 48.8 Å². The van der Waals surface area contributed by atoms with Gasteiger partial charge in [0.25, 0.3) is 5.91 Å². The maximum absolute atomic E-state index is 12.4. The molecule has 138 valence electrons. The lowest BCUT2D eigenvalue weighted by Crippen LogP contribution is -2.26. The number of carbonyl (C=O) groups excluding carboxylic acids is 1. The van der Waals surface area contributed by atoms with Crippen molar-refractivity contribution in [2.75, 3.05) is 5.32 Å². The smallest absolute Gasteiger partial charge is 0.275 e. The summed E-state index contributed by atoms with van der Waals surface area (Å²) in [4.78, 5) is 18.4. The molecule has 0 radical (unpaired) electrons. The monoisotopic (exact) mass is 441 g/mol. The molecule has 1 amide bonds. The minimum atomic E-state index is -0.217. The maximum atomic E-state index is 12.4. The second-order valence-corrected chi connectivity index (χ2v) is 10.2. The Morgan fingerprint density at radius 3 is 2.85 bits per heavy atom. The number of nitriles is 1. The molecular formula is C21H20BrN3OS. The van der Waals surface area contributed by atoms with E-state index in [4.69, 9.17) is 0 Å². The van der Waals surface area contributed by atoms with Gasteiger partial charge in [-0.1, -0.05) is 36.7 Å². The van der Waals surface area contributed by atoms with Crippen LogP contribution < -0.4 is 5.32 Å². The van der Waals surface area contributed by atoms with E-state index in [0.29, 0.717) is 22.2 Å². The molecule has 4 nitrogen and oxygen atoms in total. The van der Waals surface area contributed by atoms with Crippen molar-refractivity contribution in [2.24, 2.45) is 16.3 Å². The molecule has 2 aliphatic rings. The van der Waals surface area contributed by atoms with Crippen LogP contribution in [0, 0.1) is 22.7 Å². The highest BCUT2D eigenvalue weighted by molar-refractivity contribution is 9.10. The van der Waals surface area contributed by atoms with Crippen LogP contribution in [0.2, 0.25) is 0 Å². The third kappa shape index (κ3) is 3.24. The lowest BCUT2D eigenvalue weighted by Gasteiger charge is -2.33. The fourth-order valence-corrected chi connectivity index (χ4v) is 5.46. The van der Waals surface area contributed by atoms with Gasteiger partial charge in [-0.3, -0.25) is 4.79 Å². The average molecular weight is 442 g/mol. The summed E-state index contributed by atoms with van der Waals surface area (Å²) in [5.41, 5.74) is 3.94. The molecule has 0 saturated heterocycles. The standard InChI is InChI=1S/C21H20BrN3OS/c1-21(2,3)11-4-6-13-15(10-23)20(27-17(13)8-11)25-18-14-9-12(22)5-7-16(14)24-19(18)26/h5,7,9,11H,4,6,8H2,1-3H3,(H,24,25,26)/t11-/m0/s1. The Bertz CT molecular complexity index is 1020. The summed E-state index contributed by atoms with van der Waals surface area (Å²) >= 11 is 5.03. The quantitative estimate of drug-likeness (QED) is 0.624. The van der Waals surface area contributed by atoms with Gasteiger partial charge in [-0.25, -0.2) is 4.99 Å². The first-order chi connectivity index (χ1) is 12.8. The highest BCUT2D eigenvalue weighted by Gasteiger charge is 2.33. The van der Waals surface area contributed by atoms with E-state index in [9.17, 15) is 10.1 Å². The number of halogens is 1. The third-order valence-corrected chi connectivity index (χ3v) is 7.14. The summed E-state index contributed by atoms with van der Waals surface area (Å²) in [5.74, 6) is 0.382. The average Bonchev–Trinajstić information content (AvgIpc) is 3.11. The minimum Gasteiger partial charge on any atom is -0.320 e. The number of hydrogen-bond donors (Lipinski definition) is 1. The van der Waals surface area contributed by atoms with Crippen LogP contribution in [0.3, 0.4) is 0 Å². The van der Waals surface area contributed by atoms with E-state index in [1.165, 1.54) is 4.88 Å². The summed E-state index contributed by atoms with van der Waals surface area (Å²) in [7, 11) is 0. The topological polar surface area (TPSA) is 65.2 Å². The predicted molar refractivity (Wildman–Crippen MR) is 113 cm³/mol. The fraction of sp³-hybridized carbons (Fsp3) is 0.381. The molecule has 2 heterocycles. The number of fused-ring (bicyclic) bond motifs is 2. The number of benzene rings is 1. The minimum absolute atomic E-state index is 0.217. The first-order valence-electron chi connectivity index (χ1n) is 9.02. The summed E-state index contributed by atoms with van der Waals surface area (Å²) in [5, 5.41) is 13.3. The summed E-state index contributed by atoms with van der Waals surface area (Å²) in [6.45, 7) is 6.83. The Hall–Kier alpha value is -1.97. The van der Waals surface area contributed by atoms with Crippen molar-refractivity contribution in [2.45, 2.75) is 40.0 Å². The summed E-state index contributed by atoms with van der Waals surface area (Å²) < 4.78 is 0.893. The highest BCUT2D eigenvalue weighted by atomic mass is 79.9. The number of hydrogen-bond acceptors (Lipinski definition) is 4. The fourth-order valence-electron chi connectivity index (χ4n) is 3.84. The molecule has 1 aromatic heterocycles. The van der Waals surface area contributed by atoms with E-state index in [0.717, 1.165) is 40.5 Å². The molecule has 0 saturated carbocycles. The van der Waals surface area contributed by atoms with Crippen molar-refractivity contribution in [3.63, 3.8) is 0 Å².